The first kappa shape index (κ1) is 18.5. The van der Waals surface area contributed by atoms with Crippen molar-refractivity contribution in [3.05, 3.63) is 23.8 Å². The Balaban J connectivity index is 1.67. The molecule has 0 radical (unpaired) electrons. The molecular weight excluding hydrogens is 334 g/mol. The Morgan fingerprint density at radius 2 is 1.88 bits per heavy atom. The molecule has 1 heterocycles. The lowest BCUT2D eigenvalue weighted by Gasteiger charge is -2.31. The third-order valence-corrected chi connectivity index (χ3v) is 5.27. The highest BCUT2D eigenvalue weighted by atomic mass is 16.5. The monoisotopic (exact) mass is 361 g/mol. The third-order valence-electron chi connectivity index (χ3n) is 5.27. The fourth-order valence-corrected chi connectivity index (χ4v) is 3.86. The zero-order chi connectivity index (χ0) is 18.7. The van der Waals surface area contributed by atoms with Crippen LogP contribution >= 0.6 is 0 Å². The quantitative estimate of drug-likeness (QED) is 0.788. The van der Waals surface area contributed by atoms with Gasteiger partial charge in [-0.2, -0.15) is 0 Å². The molecular formula is C19H27N3O4. The minimum Gasteiger partial charge on any atom is -0.497 e. The Morgan fingerprint density at radius 1 is 1.15 bits per heavy atom. The maximum atomic E-state index is 12.9. The lowest BCUT2D eigenvalue weighted by Crippen LogP contribution is -2.48. The molecule has 3 amide bonds. The Kier molecular flexibility index (Phi) is 5.36. The van der Waals surface area contributed by atoms with E-state index in [0.717, 1.165) is 49.2 Å². The van der Waals surface area contributed by atoms with Crippen molar-refractivity contribution in [2.75, 3.05) is 27.9 Å². The highest BCUT2D eigenvalue weighted by Crippen LogP contribution is 2.34. The van der Waals surface area contributed by atoms with Crippen LogP contribution in [0.15, 0.2) is 18.2 Å². The highest BCUT2D eigenvalue weighted by Gasteiger charge is 2.51. The smallest absolute Gasteiger partial charge is 0.326 e. The van der Waals surface area contributed by atoms with E-state index in [4.69, 9.17) is 9.47 Å². The molecule has 1 aromatic carbocycles. The molecule has 7 nitrogen and oxygen atoms in total. The van der Waals surface area contributed by atoms with Crippen molar-refractivity contribution < 1.29 is 19.1 Å². The maximum Gasteiger partial charge on any atom is 0.326 e. The average Bonchev–Trinajstić information content (AvgIpc) is 2.86. The first-order valence-electron chi connectivity index (χ1n) is 9.02. The molecule has 0 atom stereocenters. The van der Waals surface area contributed by atoms with Crippen LogP contribution in [0, 0.1) is 0 Å². The summed E-state index contributed by atoms with van der Waals surface area (Å²) in [4.78, 5) is 28.5. The van der Waals surface area contributed by atoms with Gasteiger partial charge in [-0.05, 0) is 26.0 Å². The molecule has 1 aromatic rings. The SMILES string of the molecule is COc1ccc(CN(C)CN2C(=O)NC3(CCCCC3)C2=O)c(OC)c1. The second-order valence-corrected chi connectivity index (χ2v) is 7.14. The summed E-state index contributed by atoms with van der Waals surface area (Å²) in [6, 6.07) is 5.35. The Bertz CT molecular complexity index is 685. The topological polar surface area (TPSA) is 71.1 Å². The lowest BCUT2D eigenvalue weighted by atomic mass is 9.82. The summed E-state index contributed by atoms with van der Waals surface area (Å²) >= 11 is 0. The maximum absolute atomic E-state index is 12.9. The standard InChI is InChI=1S/C19H27N3O4/c1-21(12-14-7-8-15(25-2)11-16(14)26-3)13-22-17(23)19(20-18(22)24)9-5-4-6-10-19/h7-8,11H,4-6,9-10,12-13H2,1-3H3,(H,20,24). The van der Waals surface area contributed by atoms with E-state index in [9.17, 15) is 9.59 Å². The average molecular weight is 361 g/mol. The third kappa shape index (κ3) is 3.49. The summed E-state index contributed by atoms with van der Waals surface area (Å²) < 4.78 is 10.6. The summed E-state index contributed by atoms with van der Waals surface area (Å²) in [5, 5.41) is 2.95. The number of nitrogens with one attached hydrogen (secondary N) is 1. The molecule has 1 saturated heterocycles. The number of nitrogens with zero attached hydrogens (tertiary/aromatic N) is 2. The molecule has 0 bridgehead atoms. The molecule has 26 heavy (non-hydrogen) atoms. The van der Waals surface area contributed by atoms with E-state index < -0.39 is 5.54 Å². The second-order valence-electron chi connectivity index (χ2n) is 7.14. The van der Waals surface area contributed by atoms with Crippen LogP contribution in [0.3, 0.4) is 0 Å². The van der Waals surface area contributed by atoms with Gasteiger partial charge in [0.05, 0.1) is 20.9 Å². The van der Waals surface area contributed by atoms with Crippen molar-refractivity contribution in [1.82, 2.24) is 15.1 Å². The normalized spacial score (nSPS) is 19.2. The largest absolute Gasteiger partial charge is 0.497 e. The van der Waals surface area contributed by atoms with Crippen LogP contribution in [0.4, 0.5) is 4.79 Å². The Morgan fingerprint density at radius 3 is 2.54 bits per heavy atom. The van der Waals surface area contributed by atoms with Crippen LogP contribution in [-0.2, 0) is 11.3 Å². The molecule has 2 aliphatic rings. The number of urea groups is 1. The molecule has 142 valence electrons. The minimum absolute atomic E-state index is 0.0873. The van der Waals surface area contributed by atoms with Gasteiger partial charge in [0.2, 0.25) is 0 Å². The number of benzene rings is 1. The second kappa shape index (κ2) is 7.53. The summed E-state index contributed by atoms with van der Waals surface area (Å²) in [5.74, 6) is 1.36. The Labute approximate surface area is 154 Å². The van der Waals surface area contributed by atoms with E-state index in [-0.39, 0.29) is 18.6 Å². The molecule has 1 saturated carbocycles. The number of rotatable bonds is 6. The van der Waals surface area contributed by atoms with Crippen molar-refractivity contribution in [3.63, 3.8) is 0 Å². The number of ether oxygens (including phenoxy) is 2. The lowest BCUT2D eigenvalue weighted by molar-refractivity contribution is -0.133. The zero-order valence-electron chi connectivity index (χ0n) is 15.7. The van der Waals surface area contributed by atoms with E-state index in [2.05, 4.69) is 5.32 Å². The van der Waals surface area contributed by atoms with Gasteiger partial charge >= 0.3 is 6.03 Å². The van der Waals surface area contributed by atoms with E-state index in [0.29, 0.717) is 6.54 Å². The van der Waals surface area contributed by atoms with Gasteiger partial charge in [0.15, 0.2) is 0 Å². The van der Waals surface area contributed by atoms with Gasteiger partial charge in [-0.3, -0.25) is 9.69 Å². The van der Waals surface area contributed by atoms with Gasteiger partial charge in [-0.25, -0.2) is 9.69 Å². The van der Waals surface area contributed by atoms with E-state index >= 15 is 0 Å². The van der Waals surface area contributed by atoms with E-state index in [1.54, 1.807) is 14.2 Å². The molecule has 0 unspecified atom stereocenters. The number of carbonyl (C=O) groups is 2. The van der Waals surface area contributed by atoms with Gasteiger partial charge in [0.1, 0.15) is 17.0 Å². The predicted molar refractivity (Wildman–Crippen MR) is 97.1 cm³/mol. The van der Waals surface area contributed by atoms with Gasteiger partial charge in [0, 0.05) is 18.2 Å². The first-order chi connectivity index (χ1) is 12.5. The van der Waals surface area contributed by atoms with Crippen LogP contribution in [-0.4, -0.2) is 55.2 Å². The first-order valence-corrected chi connectivity index (χ1v) is 9.02. The van der Waals surface area contributed by atoms with Crippen LogP contribution in [0.25, 0.3) is 0 Å². The summed E-state index contributed by atoms with van der Waals surface area (Å²) in [6.45, 7) is 0.804. The van der Waals surface area contributed by atoms with Gasteiger partial charge < -0.3 is 14.8 Å². The number of carbonyl (C=O) groups excluding carboxylic acids is 2. The van der Waals surface area contributed by atoms with Crippen molar-refractivity contribution in [2.24, 2.45) is 0 Å². The number of imide groups is 1. The summed E-state index contributed by atoms with van der Waals surface area (Å²) in [5.41, 5.74) is 0.295. The van der Waals surface area contributed by atoms with Crippen molar-refractivity contribution in [1.29, 1.82) is 0 Å². The van der Waals surface area contributed by atoms with Gasteiger partial charge in [0.25, 0.3) is 5.91 Å². The van der Waals surface area contributed by atoms with Gasteiger partial charge in [-0.15, -0.1) is 0 Å². The number of amides is 3. The fourth-order valence-electron chi connectivity index (χ4n) is 3.86. The van der Waals surface area contributed by atoms with Crippen LogP contribution in [0.1, 0.15) is 37.7 Å². The number of hydrogen-bond donors (Lipinski definition) is 1. The van der Waals surface area contributed by atoms with Crippen LogP contribution in [0.2, 0.25) is 0 Å². The predicted octanol–water partition coefficient (Wildman–Crippen LogP) is 2.35. The summed E-state index contributed by atoms with van der Waals surface area (Å²) in [7, 11) is 5.11. The number of methoxy groups -OCH3 is 2. The van der Waals surface area contributed by atoms with E-state index in [1.807, 2.05) is 30.1 Å². The zero-order valence-corrected chi connectivity index (χ0v) is 15.7. The van der Waals surface area contributed by atoms with E-state index in [1.165, 1.54) is 4.90 Å². The summed E-state index contributed by atoms with van der Waals surface area (Å²) in [6.07, 6.45) is 4.58. The molecule has 1 aliphatic carbocycles. The van der Waals surface area contributed by atoms with Crippen LogP contribution in [0.5, 0.6) is 11.5 Å². The van der Waals surface area contributed by atoms with Gasteiger partial charge in [-0.1, -0.05) is 25.3 Å². The number of hydrogen-bond acceptors (Lipinski definition) is 5. The molecule has 1 aliphatic heterocycles. The van der Waals surface area contributed by atoms with Crippen molar-refractivity contribution >= 4 is 11.9 Å². The van der Waals surface area contributed by atoms with Crippen molar-refractivity contribution in [3.8, 4) is 11.5 Å². The molecule has 1 N–H and O–H groups in total. The molecule has 7 heteroatoms. The molecule has 3 rings (SSSR count). The molecule has 2 fully saturated rings. The molecule has 1 spiro atoms. The minimum atomic E-state index is -0.673. The Hall–Kier alpha value is -2.28. The highest BCUT2D eigenvalue weighted by molar-refractivity contribution is 6.07. The fraction of sp³-hybridized carbons (Fsp3) is 0.579. The molecule has 0 aromatic heterocycles. The van der Waals surface area contributed by atoms with Crippen molar-refractivity contribution in [2.45, 2.75) is 44.2 Å². The van der Waals surface area contributed by atoms with Crippen LogP contribution < -0.4 is 14.8 Å².